The van der Waals surface area contributed by atoms with Crippen LogP contribution in [-0.4, -0.2) is 12.2 Å². The predicted molar refractivity (Wildman–Crippen MR) is 70.7 cm³/mol. The Bertz CT molecular complexity index is 70.1. The predicted octanol–water partition coefficient (Wildman–Crippen LogP) is 4.89. The monoisotopic (exact) mass is 214 g/mol. The van der Waals surface area contributed by atoms with Gasteiger partial charge in [0.05, 0.1) is 0 Å². The summed E-state index contributed by atoms with van der Waals surface area (Å²) < 4.78 is 0. The Kier molecular flexibility index (Phi) is 39000. The highest BCUT2D eigenvalue weighted by atomic mass is 16.1. The molecule has 14 heavy (non-hydrogen) atoms. The largest absolute Gasteiger partial charge is 0.231 e. The molecule has 0 unspecified atom stereocenters. The summed E-state index contributed by atoms with van der Waals surface area (Å²) >= 11 is 0. The summed E-state index contributed by atoms with van der Waals surface area (Å²) in [7, 11) is 0. The summed E-state index contributed by atoms with van der Waals surface area (Å²) in [4.78, 5) is 16.7. The topological polar surface area (TPSA) is 81.8 Å². The number of rotatable bonds is 0. The molecule has 0 spiro atoms. The van der Waals surface area contributed by atoms with Gasteiger partial charge in [-0.1, -0.05) is 59.4 Å². The van der Waals surface area contributed by atoms with Crippen LogP contribution in [0.1, 0.15) is 59.4 Å². The van der Waals surface area contributed by atoms with E-state index in [1.54, 1.807) is 0 Å². The summed E-state index contributed by atoms with van der Waals surface area (Å²) in [5.74, 6) is 0. The average Bonchev–Trinajstić information content (AvgIpc) is 1.39. The van der Waals surface area contributed by atoms with Gasteiger partial charge in [-0.05, 0) is 0 Å². The van der Waals surface area contributed by atoms with Crippen molar-refractivity contribution in [3.8, 4) is 0 Å². The van der Waals surface area contributed by atoms with Gasteiger partial charge in [0.15, 0.2) is 0 Å². The van der Waals surface area contributed by atoms with Crippen LogP contribution in [0.3, 0.4) is 0 Å². The zero-order chi connectivity index (χ0) is 5.41. The Morgan fingerprint density at radius 2 is 0.500 bits per heavy atom. The lowest BCUT2D eigenvalue weighted by molar-refractivity contribution is 0.562. The van der Waals surface area contributed by atoms with E-state index >= 15 is 0 Å². The van der Waals surface area contributed by atoms with E-state index < -0.39 is 0 Å². The van der Waals surface area contributed by atoms with E-state index in [4.69, 9.17) is 20.4 Å². The molecular formula is C10H34N2O2. The number of hydrogen-bond acceptors (Lipinski definition) is 4. The van der Waals surface area contributed by atoms with Gasteiger partial charge in [0.25, 0.3) is 0 Å². The number of hydrogen-bond donors (Lipinski definition) is 2. The van der Waals surface area contributed by atoms with E-state index in [0.29, 0.717) is 0 Å². The van der Waals surface area contributed by atoms with Crippen molar-refractivity contribution >= 4 is 12.2 Å². The van der Waals surface area contributed by atoms with Crippen LogP contribution in [0.4, 0.5) is 0 Å². The van der Waals surface area contributed by atoms with Gasteiger partial charge in [-0.3, -0.25) is 0 Å². The molecule has 4 heteroatoms. The molecule has 0 aliphatic heterocycles. The van der Waals surface area contributed by atoms with E-state index in [-0.39, 0.29) is 59.4 Å². The SMILES string of the molecule is C.C.C.C.C.C.C.C.N=C=O.N=C=O. The molecule has 0 aromatic carbocycles. The van der Waals surface area contributed by atoms with E-state index in [2.05, 4.69) is 0 Å². The van der Waals surface area contributed by atoms with Gasteiger partial charge < -0.3 is 0 Å². The highest BCUT2D eigenvalue weighted by Gasteiger charge is 1.04. The van der Waals surface area contributed by atoms with Crippen molar-refractivity contribution < 1.29 is 9.59 Å². The van der Waals surface area contributed by atoms with Gasteiger partial charge in [0, 0.05) is 0 Å². The Hall–Kier alpha value is -1.24. The smallest absolute Gasteiger partial charge is 0.222 e. The van der Waals surface area contributed by atoms with E-state index in [0.717, 1.165) is 12.2 Å². The van der Waals surface area contributed by atoms with Gasteiger partial charge in [-0.2, -0.15) is 0 Å². The molecule has 0 aliphatic rings. The van der Waals surface area contributed by atoms with Crippen LogP contribution >= 0.6 is 0 Å². The number of carbonyl (C=O) groups excluding carboxylic acids is 2. The van der Waals surface area contributed by atoms with Crippen molar-refractivity contribution in [1.29, 1.82) is 10.8 Å². The molecule has 0 rings (SSSR count). The van der Waals surface area contributed by atoms with Crippen molar-refractivity contribution in [3.63, 3.8) is 0 Å². The van der Waals surface area contributed by atoms with Gasteiger partial charge in [0.1, 0.15) is 0 Å². The zero-order valence-corrected chi connectivity index (χ0v) is 2.82. The third-order valence-electron chi connectivity index (χ3n) is 0. The third kappa shape index (κ3) is 667. The van der Waals surface area contributed by atoms with Gasteiger partial charge in [-0.15, -0.1) is 0 Å². The fourth-order valence-electron chi connectivity index (χ4n) is 0. The minimum atomic E-state index is 0. The molecule has 0 bridgehead atoms. The molecule has 0 saturated heterocycles. The summed E-state index contributed by atoms with van der Waals surface area (Å²) in [6.07, 6.45) is 1.50. The molecule has 0 aliphatic carbocycles. The Balaban J connectivity index is -0.00000000182. The van der Waals surface area contributed by atoms with Crippen molar-refractivity contribution in [2.24, 2.45) is 0 Å². The lowest BCUT2D eigenvalue weighted by Crippen LogP contribution is -1.16. The second-order valence-corrected chi connectivity index (χ2v) is 0.204. The van der Waals surface area contributed by atoms with Gasteiger partial charge >= 0.3 is 0 Å². The summed E-state index contributed by atoms with van der Waals surface area (Å²) in [6, 6.07) is 0. The van der Waals surface area contributed by atoms with Gasteiger partial charge in [-0.25, -0.2) is 20.4 Å². The summed E-state index contributed by atoms with van der Waals surface area (Å²) in [5, 5.41) is 10.8. The molecule has 96 valence electrons. The first-order chi connectivity index (χ1) is 2.83. The molecule has 0 atom stereocenters. The molecule has 4 nitrogen and oxygen atoms in total. The van der Waals surface area contributed by atoms with Crippen LogP contribution in [-0.2, 0) is 9.59 Å². The molecular weight excluding hydrogens is 180 g/mol. The average molecular weight is 214 g/mol. The maximum absolute atomic E-state index is 8.35. The standard InChI is InChI=1S/2CHNO.8CH4/c2*2-1-3;;;;;;;;/h2*2H;8*1H4. The minimum absolute atomic E-state index is 0. The van der Waals surface area contributed by atoms with Crippen LogP contribution in [0.15, 0.2) is 0 Å². The summed E-state index contributed by atoms with van der Waals surface area (Å²) in [6.45, 7) is 0. The zero-order valence-electron chi connectivity index (χ0n) is 2.82. The van der Waals surface area contributed by atoms with Crippen LogP contribution in [0.5, 0.6) is 0 Å². The quantitative estimate of drug-likeness (QED) is 0.444. The van der Waals surface area contributed by atoms with Crippen LogP contribution in [0.2, 0.25) is 0 Å². The second-order valence-electron chi connectivity index (χ2n) is 0.204. The fraction of sp³-hybridized carbons (Fsp3) is 0.800. The van der Waals surface area contributed by atoms with Crippen LogP contribution in [0, 0.1) is 10.8 Å². The molecule has 0 radical (unpaired) electrons. The van der Waals surface area contributed by atoms with Crippen LogP contribution in [0.25, 0.3) is 0 Å². The fourth-order valence-corrected chi connectivity index (χ4v) is 0. The highest BCUT2D eigenvalue weighted by molar-refractivity contribution is 5.26. The molecule has 0 aromatic heterocycles. The van der Waals surface area contributed by atoms with Crippen molar-refractivity contribution in [3.05, 3.63) is 0 Å². The van der Waals surface area contributed by atoms with Crippen molar-refractivity contribution in [2.75, 3.05) is 0 Å². The molecule has 0 saturated carbocycles. The van der Waals surface area contributed by atoms with E-state index in [9.17, 15) is 0 Å². The minimum Gasteiger partial charge on any atom is -0.222 e. The molecule has 0 amide bonds. The Labute approximate surface area is 92.8 Å². The normalized spacial score (nSPS) is 1.14. The lowest BCUT2D eigenvalue weighted by Gasteiger charge is -1.02. The second kappa shape index (κ2) is 2360. The Morgan fingerprint density at radius 3 is 0.500 bits per heavy atom. The van der Waals surface area contributed by atoms with Gasteiger partial charge in [0.2, 0.25) is 12.2 Å². The molecule has 0 fully saturated rings. The van der Waals surface area contributed by atoms with Crippen molar-refractivity contribution in [2.45, 2.75) is 59.4 Å². The summed E-state index contributed by atoms with van der Waals surface area (Å²) in [5.41, 5.74) is 0. The Morgan fingerprint density at radius 1 is 0.500 bits per heavy atom. The molecule has 0 aromatic rings. The number of nitrogens with one attached hydrogen (secondary N) is 2. The molecule has 0 heterocycles. The van der Waals surface area contributed by atoms with Crippen molar-refractivity contribution in [1.82, 2.24) is 0 Å². The first-order valence-electron chi connectivity index (χ1n) is 0.908. The molecule has 2 N–H and O–H groups in total. The third-order valence-corrected chi connectivity index (χ3v) is 0. The van der Waals surface area contributed by atoms with E-state index in [1.807, 2.05) is 0 Å². The van der Waals surface area contributed by atoms with E-state index in [1.165, 1.54) is 0 Å². The highest BCUT2D eigenvalue weighted by Crippen LogP contribution is 0.871. The maximum atomic E-state index is 8.35. The maximum Gasteiger partial charge on any atom is 0.231 e. The van der Waals surface area contributed by atoms with Crippen LogP contribution < -0.4 is 0 Å². The lowest BCUT2D eigenvalue weighted by atomic mass is 11.7. The first-order valence-corrected chi connectivity index (χ1v) is 0.908. The number of isocyanates is 2. The first kappa shape index (κ1) is 232.